The summed E-state index contributed by atoms with van der Waals surface area (Å²) >= 11 is 0. The number of benzene rings is 1. The molecular formula is C17H20N2O. The Kier molecular flexibility index (Phi) is 3.30. The number of carbonyl (C=O) groups is 1. The number of hydrogen-bond acceptors (Lipinski definition) is 3. The lowest BCUT2D eigenvalue weighted by Crippen LogP contribution is -2.31. The van der Waals surface area contributed by atoms with E-state index in [0.717, 1.165) is 60.1 Å². The molecule has 2 aromatic rings. The number of carbonyl (C=O) groups excluding carboxylic acids is 1. The highest BCUT2D eigenvalue weighted by Gasteiger charge is 2.21. The molecule has 1 aromatic carbocycles. The minimum absolute atomic E-state index is 0.839. The highest BCUT2D eigenvalue weighted by atomic mass is 16.1. The summed E-state index contributed by atoms with van der Waals surface area (Å²) in [5, 5.41) is 1.000. The number of pyridine rings is 1. The van der Waals surface area contributed by atoms with Crippen LogP contribution in [0, 0.1) is 13.8 Å². The van der Waals surface area contributed by atoms with E-state index in [-0.39, 0.29) is 0 Å². The van der Waals surface area contributed by atoms with Gasteiger partial charge in [-0.2, -0.15) is 0 Å². The molecule has 0 fully saturated rings. The number of aromatic nitrogens is 1. The molecule has 0 saturated heterocycles. The van der Waals surface area contributed by atoms with Crippen LogP contribution in [-0.2, 0) is 13.0 Å². The number of nitrogens with zero attached hydrogens (tertiary/aromatic N) is 2. The van der Waals surface area contributed by atoms with E-state index in [1.807, 2.05) is 0 Å². The predicted octanol–water partition coefficient (Wildman–Crippen LogP) is 3.04. The van der Waals surface area contributed by atoms with E-state index in [1.165, 1.54) is 11.1 Å². The van der Waals surface area contributed by atoms with Gasteiger partial charge in [0.2, 0.25) is 0 Å². The van der Waals surface area contributed by atoms with Crippen molar-refractivity contribution in [3.63, 3.8) is 0 Å². The monoisotopic (exact) mass is 268 g/mol. The van der Waals surface area contributed by atoms with Gasteiger partial charge in [-0.3, -0.25) is 14.7 Å². The van der Waals surface area contributed by atoms with Crippen molar-refractivity contribution >= 4 is 17.2 Å². The Bertz CT molecular complexity index is 691. The average Bonchev–Trinajstić information content (AvgIpc) is 2.46. The van der Waals surface area contributed by atoms with Gasteiger partial charge in [0, 0.05) is 36.2 Å². The topological polar surface area (TPSA) is 33.2 Å². The molecule has 1 aliphatic heterocycles. The van der Waals surface area contributed by atoms with Gasteiger partial charge in [0.25, 0.3) is 0 Å². The van der Waals surface area contributed by atoms with E-state index in [4.69, 9.17) is 4.98 Å². The second-order valence-corrected chi connectivity index (χ2v) is 5.64. The summed E-state index contributed by atoms with van der Waals surface area (Å²) in [4.78, 5) is 18.8. The van der Waals surface area contributed by atoms with E-state index in [1.54, 1.807) is 0 Å². The lowest BCUT2D eigenvalue weighted by Gasteiger charge is -2.28. The van der Waals surface area contributed by atoms with Gasteiger partial charge < -0.3 is 0 Å². The first-order valence-corrected chi connectivity index (χ1v) is 7.24. The molecule has 0 unspecified atom stereocenters. The van der Waals surface area contributed by atoms with Gasteiger partial charge in [0.1, 0.15) is 0 Å². The molecule has 0 spiro atoms. The van der Waals surface area contributed by atoms with Crippen LogP contribution in [0.2, 0.25) is 0 Å². The van der Waals surface area contributed by atoms with Crippen molar-refractivity contribution in [2.75, 3.05) is 13.1 Å². The van der Waals surface area contributed by atoms with Crippen LogP contribution in [0.4, 0.5) is 0 Å². The van der Waals surface area contributed by atoms with Crippen LogP contribution in [0.1, 0.15) is 39.7 Å². The second kappa shape index (κ2) is 4.98. The first kappa shape index (κ1) is 13.3. The van der Waals surface area contributed by atoms with Gasteiger partial charge in [0.05, 0.1) is 5.52 Å². The summed E-state index contributed by atoms with van der Waals surface area (Å²) in [6.07, 6.45) is 1.95. The zero-order valence-corrected chi connectivity index (χ0v) is 12.4. The van der Waals surface area contributed by atoms with Gasteiger partial charge in [-0.15, -0.1) is 0 Å². The van der Waals surface area contributed by atoms with Crippen molar-refractivity contribution in [1.82, 2.24) is 9.88 Å². The van der Waals surface area contributed by atoms with Crippen LogP contribution >= 0.6 is 0 Å². The molecule has 0 atom stereocenters. The third-order valence-electron chi connectivity index (χ3n) is 4.44. The molecule has 0 amide bonds. The zero-order valence-electron chi connectivity index (χ0n) is 12.4. The molecule has 104 valence electrons. The first-order valence-electron chi connectivity index (χ1n) is 7.24. The number of rotatable bonds is 2. The molecule has 0 radical (unpaired) electrons. The largest absolute Gasteiger partial charge is 0.299 e. The van der Waals surface area contributed by atoms with E-state index >= 15 is 0 Å². The normalized spacial score (nSPS) is 15.3. The predicted molar refractivity (Wildman–Crippen MR) is 81.3 cm³/mol. The van der Waals surface area contributed by atoms with Crippen LogP contribution < -0.4 is 0 Å². The van der Waals surface area contributed by atoms with Crippen molar-refractivity contribution < 1.29 is 4.79 Å². The maximum absolute atomic E-state index is 11.6. The first-order chi connectivity index (χ1) is 9.63. The lowest BCUT2D eigenvalue weighted by molar-refractivity contribution is 0.112. The van der Waals surface area contributed by atoms with Crippen LogP contribution in [0.25, 0.3) is 10.9 Å². The lowest BCUT2D eigenvalue weighted by atomic mass is 9.94. The summed E-state index contributed by atoms with van der Waals surface area (Å²) in [5.74, 6) is 0. The Morgan fingerprint density at radius 1 is 1.30 bits per heavy atom. The third-order valence-corrected chi connectivity index (χ3v) is 4.44. The molecular weight excluding hydrogens is 248 g/mol. The third kappa shape index (κ3) is 2.02. The SMILES string of the molecule is CCN1CCc2nc3cc(C)c(C)cc3c(C=O)c2C1. The number of aryl methyl sites for hydroxylation is 2. The smallest absolute Gasteiger partial charge is 0.151 e. The Morgan fingerprint density at radius 3 is 2.75 bits per heavy atom. The molecule has 1 aromatic heterocycles. The summed E-state index contributed by atoms with van der Waals surface area (Å²) < 4.78 is 0. The molecule has 0 N–H and O–H groups in total. The van der Waals surface area contributed by atoms with Gasteiger partial charge in [-0.1, -0.05) is 6.92 Å². The summed E-state index contributed by atoms with van der Waals surface area (Å²) in [5.41, 5.74) is 6.47. The highest BCUT2D eigenvalue weighted by molar-refractivity contribution is 5.98. The maximum atomic E-state index is 11.6. The fourth-order valence-electron chi connectivity index (χ4n) is 2.99. The van der Waals surface area contributed by atoms with Crippen LogP contribution in [-0.4, -0.2) is 29.3 Å². The molecule has 0 aliphatic carbocycles. The molecule has 0 bridgehead atoms. The minimum atomic E-state index is 0.839. The summed E-state index contributed by atoms with van der Waals surface area (Å²) in [6, 6.07) is 4.21. The Balaban J connectivity index is 2.28. The van der Waals surface area contributed by atoms with Crippen molar-refractivity contribution in [3.8, 4) is 0 Å². The summed E-state index contributed by atoms with van der Waals surface area (Å²) in [7, 11) is 0. The standard InChI is InChI=1S/C17H20N2O/c1-4-19-6-5-16-14(9-19)15(10-20)13-7-11(2)12(3)8-17(13)18-16/h7-8,10H,4-6,9H2,1-3H3. The van der Waals surface area contributed by atoms with Crippen LogP contribution in [0.3, 0.4) is 0 Å². The minimum Gasteiger partial charge on any atom is -0.299 e. The maximum Gasteiger partial charge on any atom is 0.151 e. The van der Waals surface area contributed by atoms with E-state index in [2.05, 4.69) is 37.8 Å². The van der Waals surface area contributed by atoms with Crippen molar-refractivity contribution in [2.24, 2.45) is 0 Å². The molecule has 3 rings (SSSR count). The molecule has 3 heteroatoms. The fourth-order valence-corrected chi connectivity index (χ4v) is 2.99. The van der Waals surface area contributed by atoms with Crippen molar-refractivity contribution in [1.29, 1.82) is 0 Å². The highest BCUT2D eigenvalue weighted by Crippen LogP contribution is 2.28. The average molecular weight is 268 g/mol. The molecule has 20 heavy (non-hydrogen) atoms. The van der Waals surface area contributed by atoms with Crippen LogP contribution in [0.15, 0.2) is 12.1 Å². The van der Waals surface area contributed by atoms with Crippen molar-refractivity contribution in [2.45, 2.75) is 33.7 Å². The Hall–Kier alpha value is -1.74. The molecule has 0 saturated carbocycles. The molecule has 2 heterocycles. The van der Waals surface area contributed by atoms with E-state index in [9.17, 15) is 4.79 Å². The van der Waals surface area contributed by atoms with Crippen molar-refractivity contribution in [3.05, 3.63) is 40.1 Å². The number of hydrogen-bond donors (Lipinski definition) is 0. The summed E-state index contributed by atoms with van der Waals surface area (Å²) in [6.45, 7) is 9.23. The number of likely N-dealkylation sites (N-methyl/N-ethyl adjacent to an activating group) is 1. The fraction of sp³-hybridized carbons (Fsp3) is 0.412. The van der Waals surface area contributed by atoms with Gasteiger partial charge in [-0.25, -0.2) is 0 Å². The van der Waals surface area contributed by atoms with E-state index < -0.39 is 0 Å². The van der Waals surface area contributed by atoms with E-state index in [0.29, 0.717) is 0 Å². The van der Waals surface area contributed by atoms with Gasteiger partial charge >= 0.3 is 0 Å². The zero-order chi connectivity index (χ0) is 14.3. The number of aldehydes is 1. The van der Waals surface area contributed by atoms with Gasteiger partial charge in [-0.05, 0) is 49.2 Å². The molecule has 1 aliphatic rings. The van der Waals surface area contributed by atoms with Crippen LogP contribution in [0.5, 0.6) is 0 Å². The molecule has 3 nitrogen and oxygen atoms in total. The Morgan fingerprint density at radius 2 is 2.05 bits per heavy atom. The van der Waals surface area contributed by atoms with Gasteiger partial charge in [0.15, 0.2) is 6.29 Å². The quantitative estimate of drug-likeness (QED) is 0.785. The second-order valence-electron chi connectivity index (χ2n) is 5.64. The Labute approximate surface area is 119 Å². The number of fused-ring (bicyclic) bond motifs is 2.